The number of aromatic nitrogens is 2. The predicted octanol–water partition coefficient (Wildman–Crippen LogP) is -1.07. The average molecular weight is 412 g/mol. The van der Waals surface area contributed by atoms with Gasteiger partial charge in [0.2, 0.25) is 0 Å². The number of aromatic amines is 1. The average Bonchev–Trinajstić information content (AvgIpc) is 2.94. The molecule has 0 saturated carbocycles. The van der Waals surface area contributed by atoms with E-state index in [0.717, 1.165) is 9.53 Å². The van der Waals surface area contributed by atoms with Gasteiger partial charge < -0.3 is 0 Å². The molecule has 134 valence electrons. The number of nitrogens with zero attached hydrogens (tertiary/aromatic N) is 2. The van der Waals surface area contributed by atoms with Crippen molar-refractivity contribution in [2.75, 3.05) is 13.7 Å². The number of hydrogen-bond acceptors (Lipinski definition) is 6. The van der Waals surface area contributed by atoms with Crippen LogP contribution in [-0.2, 0) is 4.74 Å². The number of likely N-dealkylation sites (N-methyl/N-ethyl adjacent to an activating group) is 1. The zero-order valence-electron chi connectivity index (χ0n) is 13.5. The quantitative estimate of drug-likeness (QED) is 0.427. The molecular weight excluding hydrogens is 393 g/mol. The summed E-state index contributed by atoms with van der Waals surface area (Å²) in [5.41, 5.74) is -1.12. The molecule has 0 radical (unpaired) electrons. The number of H-pyrrole nitrogens is 1. The summed E-state index contributed by atoms with van der Waals surface area (Å²) >= 11 is -0.100. The molecule has 4 atom stereocenters. The first-order chi connectivity index (χ1) is 12.0. The van der Waals surface area contributed by atoms with E-state index < -0.39 is 29.6 Å². The third-order valence-electron chi connectivity index (χ3n) is 4.06. The standard InChI is InChI=1S/C16H19N3O5Se/c1-18(23)13-14(25-10-5-3-2-4-6-10)11(9-20)24-15(13)19-8-7-12(21)17-16(19)22/h2-8,11,13-15,20,23H,9H2,1H3,(H,17,21,22)/t11-,13-,14-,15-/m1/s1. The van der Waals surface area contributed by atoms with Crippen LogP contribution < -0.4 is 15.7 Å². The Hall–Kier alpha value is -1.74. The number of benzene rings is 1. The second kappa shape index (κ2) is 7.65. The Morgan fingerprint density at radius 3 is 2.60 bits per heavy atom. The zero-order valence-corrected chi connectivity index (χ0v) is 15.2. The molecule has 1 saturated heterocycles. The Kier molecular flexibility index (Phi) is 5.53. The van der Waals surface area contributed by atoms with Crippen LogP contribution in [0.5, 0.6) is 0 Å². The second-order valence-electron chi connectivity index (χ2n) is 5.72. The summed E-state index contributed by atoms with van der Waals surface area (Å²) < 4.78 is 8.22. The van der Waals surface area contributed by atoms with Gasteiger partial charge in [-0.1, -0.05) is 0 Å². The van der Waals surface area contributed by atoms with E-state index in [-0.39, 0.29) is 26.4 Å². The van der Waals surface area contributed by atoms with Crippen molar-refractivity contribution in [2.24, 2.45) is 0 Å². The Morgan fingerprint density at radius 2 is 2.00 bits per heavy atom. The molecule has 0 spiro atoms. The van der Waals surface area contributed by atoms with Gasteiger partial charge in [-0.15, -0.1) is 0 Å². The number of hydroxylamine groups is 2. The molecule has 8 nitrogen and oxygen atoms in total. The second-order valence-corrected chi connectivity index (χ2v) is 8.35. The van der Waals surface area contributed by atoms with Crippen LogP contribution in [0.25, 0.3) is 0 Å². The van der Waals surface area contributed by atoms with E-state index in [9.17, 15) is 19.9 Å². The first kappa shape index (κ1) is 18.1. The van der Waals surface area contributed by atoms with Gasteiger partial charge in [0.15, 0.2) is 0 Å². The Bertz CT molecular complexity index is 822. The normalized spacial score (nSPS) is 26.2. The molecule has 1 fully saturated rings. The van der Waals surface area contributed by atoms with Crippen molar-refractivity contribution in [1.29, 1.82) is 0 Å². The van der Waals surface area contributed by atoms with Crippen molar-refractivity contribution in [3.63, 3.8) is 0 Å². The molecule has 1 aromatic heterocycles. The summed E-state index contributed by atoms with van der Waals surface area (Å²) in [6.45, 7) is -0.224. The van der Waals surface area contributed by atoms with E-state index in [1.54, 1.807) is 0 Å². The number of rotatable bonds is 5. The Morgan fingerprint density at radius 1 is 1.28 bits per heavy atom. The van der Waals surface area contributed by atoms with E-state index >= 15 is 0 Å². The predicted molar refractivity (Wildman–Crippen MR) is 91.2 cm³/mol. The van der Waals surface area contributed by atoms with Crippen molar-refractivity contribution < 1.29 is 15.1 Å². The summed E-state index contributed by atoms with van der Waals surface area (Å²) in [5, 5.41) is 20.9. The molecule has 1 aliphatic rings. The molecule has 0 bridgehead atoms. The van der Waals surface area contributed by atoms with Crippen LogP contribution in [0.4, 0.5) is 0 Å². The van der Waals surface area contributed by atoms with E-state index in [0.29, 0.717) is 0 Å². The summed E-state index contributed by atoms with van der Waals surface area (Å²) in [6.07, 6.45) is 0.00463. The SMILES string of the molecule is CN(O)[C@@H]1[C@H]([Se]c2ccccc2)[C@@H](CO)O[C@H]1n1ccc(=O)[nH]c1=O. The van der Waals surface area contributed by atoms with Crippen molar-refractivity contribution in [3.8, 4) is 0 Å². The van der Waals surface area contributed by atoms with Crippen molar-refractivity contribution >= 4 is 19.4 Å². The summed E-state index contributed by atoms with van der Waals surface area (Å²) in [6, 6.07) is 10.5. The molecule has 3 N–H and O–H groups in total. The molecule has 2 aromatic rings. The van der Waals surface area contributed by atoms with Crippen LogP contribution in [0.3, 0.4) is 0 Å². The van der Waals surface area contributed by atoms with Gasteiger partial charge in [-0.3, -0.25) is 0 Å². The van der Waals surface area contributed by atoms with E-state index in [1.165, 1.54) is 23.9 Å². The van der Waals surface area contributed by atoms with Gasteiger partial charge in [0.1, 0.15) is 0 Å². The summed E-state index contributed by atoms with van der Waals surface area (Å²) in [5.74, 6) is 0. The molecular formula is C16H19N3O5Se. The Balaban J connectivity index is 1.97. The van der Waals surface area contributed by atoms with Gasteiger partial charge in [0.05, 0.1) is 0 Å². The van der Waals surface area contributed by atoms with Crippen LogP contribution in [0, 0.1) is 0 Å². The summed E-state index contributed by atoms with van der Waals surface area (Å²) in [4.78, 5) is 25.4. The van der Waals surface area contributed by atoms with Crippen LogP contribution in [0.2, 0.25) is 4.82 Å². The van der Waals surface area contributed by atoms with Crippen molar-refractivity contribution in [3.05, 3.63) is 63.4 Å². The monoisotopic (exact) mass is 413 g/mol. The Labute approximate surface area is 149 Å². The van der Waals surface area contributed by atoms with E-state index in [4.69, 9.17) is 4.74 Å². The molecule has 25 heavy (non-hydrogen) atoms. The van der Waals surface area contributed by atoms with Gasteiger partial charge in [-0.05, 0) is 0 Å². The van der Waals surface area contributed by atoms with Gasteiger partial charge in [-0.25, -0.2) is 0 Å². The number of ether oxygens (including phenoxy) is 1. The van der Waals surface area contributed by atoms with E-state index in [2.05, 4.69) is 4.98 Å². The maximum atomic E-state index is 12.1. The first-order valence-corrected chi connectivity index (χ1v) is 9.57. The molecule has 0 unspecified atom stereocenters. The number of aliphatic hydroxyl groups excluding tert-OH is 1. The molecule has 9 heteroatoms. The topological polar surface area (TPSA) is 108 Å². The van der Waals surface area contributed by atoms with Gasteiger partial charge >= 0.3 is 149 Å². The fourth-order valence-corrected chi connectivity index (χ4v) is 5.82. The summed E-state index contributed by atoms with van der Waals surface area (Å²) in [7, 11) is 1.49. The van der Waals surface area contributed by atoms with Crippen LogP contribution in [0.15, 0.2) is 52.2 Å². The van der Waals surface area contributed by atoms with Crippen LogP contribution in [-0.4, -0.2) is 65.7 Å². The molecule has 1 aromatic carbocycles. The molecule has 1 aliphatic heterocycles. The minimum atomic E-state index is -0.813. The zero-order chi connectivity index (χ0) is 18.0. The molecule has 0 amide bonds. The number of hydrogen-bond donors (Lipinski definition) is 3. The number of nitrogens with one attached hydrogen (secondary N) is 1. The van der Waals surface area contributed by atoms with Crippen LogP contribution >= 0.6 is 0 Å². The van der Waals surface area contributed by atoms with Crippen LogP contribution in [0.1, 0.15) is 6.23 Å². The van der Waals surface area contributed by atoms with Gasteiger partial charge in [0, 0.05) is 0 Å². The van der Waals surface area contributed by atoms with Gasteiger partial charge in [0.25, 0.3) is 0 Å². The molecule has 0 aliphatic carbocycles. The van der Waals surface area contributed by atoms with Crippen molar-refractivity contribution in [1.82, 2.24) is 14.6 Å². The van der Waals surface area contributed by atoms with E-state index in [1.807, 2.05) is 30.3 Å². The van der Waals surface area contributed by atoms with Crippen molar-refractivity contribution in [2.45, 2.75) is 23.2 Å². The maximum absolute atomic E-state index is 12.1. The third-order valence-corrected chi connectivity index (χ3v) is 7.00. The third kappa shape index (κ3) is 3.77. The number of aliphatic hydroxyl groups is 1. The minimum absolute atomic E-state index is 0.100. The fourth-order valence-electron chi connectivity index (χ4n) is 2.92. The fraction of sp³-hybridized carbons (Fsp3) is 0.375. The molecule has 2 heterocycles. The van der Waals surface area contributed by atoms with Gasteiger partial charge in [-0.2, -0.15) is 0 Å². The first-order valence-electron chi connectivity index (χ1n) is 7.72. The molecule has 3 rings (SSSR count).